The van der Waals surface area contributed by atoms with E-state index < -0.39 is 0 Å². The summed E-state index contributed by atoms with van der Waals surface area (Å²) < 4.78 is 13.8. The molecule has 0 radical (unpaired) electrons. The molecule has 1 saturated heterocycles. The minimum absolute atomic E-state index is 0.242. The van der Waals surface area contributed by atoms with Crippen molar-refractivity contribution in [3.63, 3.8) is 0 Å². The van der Waals surface area contributed by atoms with E-state index in [1.807, 2.05) is 36.4 Å². The Balaban J connectivity index is 1.33. The van der Waals surface area contributed by atoms with Gasteiger partial charge in [0, 0.05) is 37.6 Å². The fourth-order valence-electron chi connectivity index (χ4n) is 5.24. The average Bonchev–Trinajstić information content (AvgIpc) is 3.16. The van der Waals surface area contributed by atoms with Crippen molar-refractivity contribution in [1.29, 1.82) is 0 Å². The van der Waals surface area contributed by atoms with Gasteiger partial charge in [-0.25, -0.2) is 0 Å². The van der Waals surface area contributed by atoms with Crippen molar-refractivity contribution in [3.8, 4) is 28.5 Å². The predicted molar refractivity (Wildman–Crippen MR) is 143 cm³/mol. The first kappa shape index (κ1) is 24.2. The van der Waals surface area contributed by atoms with Crippen molar-refractivity contribution in [1.82, 2.24) is 9.47 Å². The van der Waals surface area contributed by atoms with E-state index in [2.05, 4.69) is 28.5 Å². The fraction of sp³-hybridized carbons (Fsp3) is 0.333. The molecule has 0 aliphatic carbocycles. The number of aromatic nitrogens is 1. The quantitative estimate of drug-likeness (QED) is 0.341. The predicted octanol–water partition coefficient (Wildman–Crippen LogP) is 5.57. The van der Waals surface area contributed by atoms with Gasteiger partial charge in [0.2, 0.25) is 0 Å². The summed E-state index contributed by atoms with van der Waals surface area (Å²) in [5.41, 5.74) is 5.41. The molecule has 1 fully saturated rings. The molecule has 4 aromatic rings. The smallest absolute Gasteiger partial charge is 0.119 e. The van der Waals surface area contributed by atoms with Crippen LogP contribution in [-0.2, 0) is 11.3 Å². The highest BCUT2D eigenvalue weighted by molar-refractivity contribution is 5.92. The topological polar surface area (TPSA) is 67.1 Å². The van der Waals surface area contributed by atoms with Crippen LogP contribution in [0.15, 0.2) is 66.7 Å². The Morgan fingerprint density at radius 2 is 1.69 bits per heavy atom. The lowest BCUT2D eigenvalue weighted by Crippen LogP contribution is -2.41. The Morgan fingerprint density at radius 3 is 2.44 bits per heavy atom. The van der Waals surface area contributed by atoms with E-state index in [0.717, 1.165) is 65.1 Å². The lowest BCUT2D eigenvalue weighted by atomic mass is 10.1. The number of benzene rings is 3. The van der Waals surface area contributed by atoms with Crippen LogP contribution in [0.2, 0.25) is 0 Å². The maximum atomic E-state index is 10.1. The van der Waals surface area contributed by atoms with Gasteiger partial charge in [0.15, 0.2) is 0 Å². The summed E-state index contributed by atoms with van der Waals surface area (Å²) in [5, 5.41) is 20.9. The molecule has 2 N–H and O–H groups in total. The van der Waals surface area contributed by atoms with Gasteiger partial charge in [0.1, 0.15) is 23.9 Å². The first-order valence-electron chi connectivity index (χ1n) is 12.6. The number of aryl methyl sites for hydroxylation is 1. The number of phenols is 2. The molecule has 1 aromatic heterocycles. The van der Waals surface area contributed by atoms with Crippen molar-refractivity contribution in [2.45, 2.75) is 32.4 Å². The summed E-state index contributed by atoms with van der Waals surface area (Å²) in [6.07, 6.45) is 2.65. The van der Waals surface area contributed by atoms with E-state index in [1.165, 1.54) is 6.42 Å². The van der Waals surface area contributed by atoms with E-state index in [0.29, 0.717) is 19.3 Å². The van der Waals surface area contributed by atoms with Crippen LogP contribution < -0.4 is 4.74 Å². The monoisotopic (exact) mass is 486 g/mol. The molecular weight excluding hydrogens is 452 g/mol. The second kappa shape index (κ2) is 10.6. The Kier molecular flexibility index (Phi) is 7.16. The van der Waals surface area contributed by atoms with Crippen molar-refractivity contribution < 1.29 is 19.7 Å². The highest BCUT2D eigenvalue weighted by Crippen LogP contribution is 2.36. The molecule has 1 aliphatic heterocycles. The van der Waals surface area contributed by atoms with Gasteiger partial charge < -0.3 is 24.3 Å². The van der Waals surface area contributed by atoms with Gasteiger partial charge in [-0.2, -0.15) is 0 Å². The van der Waals surface area contributed by atoms with Crippen molar-refractivity contribution >= 4 is 10.9 Å². The zero-order chi connectivity index (χ0) is 25.1. The molecule has 0 saturated carbocycles. The third kappa shape index (κ3) is 5.20. The maximum absolute atomic E-state index is 10.1. The summed E-state index contributed by atoms with van der Waals surface area (Å²) in [6, 6.07) is 21.1. The Labute approximate surface area is 212 Å². The van der Waals surface area contributed by atoms with Crippen molar-refractivity contribution in [2.24, 2.45) is 0 Å². The standard InChI is InChI=1S/C30H34N2O4/c1-21-28-18-25(34)11-14-29(28)32(30(21)23-7-9-24(33)10-8-23)19-22-5-12-26(13-6-22)36-17-16-31-15-3-4-27(20-31)35-2/h5-14,18,27,33-34H,3-4,15-17,19-20H2,1-2H3. The first-order valence-corrected chi connectivity index (χ1v) is 12.6. The third-order valence-corrected chi connectivity index (χ3v) is 7.18. The summed E-state index contributed by atoms with van der Waals surface area (Å²) >= 11 is 0. The zero-order valence-electron chi connectivity index (χ0n) is 21.0. The number of phenolic OH excluding ortho intramolecular Hbond substituents is 2. The summed E-state index contributed by atoms with van der Waals surface area (Å²) in [6.45, 7) is 6.40. The molecule has 36 heavy (non-hydrogen) atoms. The largest absolute Gasteiger partial charge is 0.508 e. The Hall–Kier alpha value is -3.48. The fourth-order valence-corrected chi connectivity index (χ4v) is 5.24. The molecule has 188 valence electrons. The SMILES string of the molecule is COC1CCCN(CCOc2ccc(Cn3c(-c4ccc(O)cc4)c(C)c4cc(O)ccc43)cc2)C1. The third-order valence-electron chi connectivity index (χ3n) is 7.18. The minimum Gasteiger partial charge on any atom is -0.508 e. The van der Waals surface area contributed by atoms with Gasteiger partial charge in [-0.1, -0.05) is 12.1 Å². The number of nitrogens with zero attached hydrogens (tertiary/aromatic N) is 2. The molecule has 2 heterocycles. The van der Waals surface area contributed by atoms with E-state index in [-0.39, 0.29) is 11.5 Å². The molecule has 0 amide bonds. The van der Waals surface area contributed by atoms with Gasteiger partial charge in [0.05, 0.1) is 11.8 Å². The first-order chi connectivity index (χ1) is 17.5. The molecule has 0 spiro atoms. The number of rotatable bonds is 8. The van der Waals surface area contributed by atoms with Crippen LogP contribution in [0, 0.1) is 6.92 Å². The molecular formula is C30H34N2O4. The minimum atomic E-state index is 0.242. The molecule has 0 bridgehead atoms. The lowest BCUT2D eigenvalue weighted by Gasteiger charge is -2.31. The number of methoxy groups -OCH3 is 1. The molecule has 6 heteroatoms. The number of ether oxygens (including phenoxy) is 2. The van der Waals surface area contributed by atoms with Gasteiger partial charge in [-0.15, -0.1) is 0 Å². The van der Waals surface area contributed by atoms with E-state index in [4.69, 9.17) is 9.47 Å². The Bertz CT molecular complexity index is 1310. The molecule has 1 unspecified atom stereocenters. The van der Waals surface area contributed by atoms with Gasteiger partial charge >= 0.3 is 0 Å². The van der Waals surface area contributed by atoms with Crippen LogP contribution in [0.25, 0.3) is 22.2 Å². The molecule has 6 nitrogen and oxygen atoms in total. The number of fused-ring (bicyclic) bond motifs is 1. The summed E-state index contributed by atoms with van der Waals surface area (Å²) in [4.78, 5) is 2.41. The molecule has 1 aliphatic rings. The van der Waals surface area contributed by atoms with Crippen molar-refractivity contribution in [2.75, 3.05) is 33.4 Å². The normalized spacial score (nSPS) is 16.4. The van der Waals surface area contributed by atoms with Gasteiger partial charge in [-0.3, -0.25) is 4.90 Å². The number of hydrogen-bond acceptors (Lipinski definition) is 5. The molecule has 5 rings (SSSR count). The summed E-state index contributed by atoms with van der Waals surface area (Å²) in [7, 11) is 1.79. The second-order valence-corrected chi connectivity index (χ2v) is 9.60. The maximum Gasteiger partial charge on any atom is 0.119 e. The van der Waals surface area contributed by atoms with Crippen LogP contribution >= 0.6 is 0 Å². The zero-order valence-corrected chi connectivity index (χ0v) is 21.0. The number of aromatic hydroxyl groups is 2. The Morgan fingerprint density at radius 1 is 0.944 bits per heavy atom. The van der Waals surface area contributed by atoms with E-state index >= 15 is 0 Å². The number of piperidine rings is 1. The highest BCUT2D eigenvalue weighted by atomic mass is 16.5. The molecule has 1 atom stereocenters. The summed E-state index contributed by atoms with van der Waals surface area (Å²) in [5.74, 6) is 1.37. The second-order valence-electron chi connectivity index (χ2n) is 9.60. The van der Waals surface area contributed by atoms with Gasteiger partial charge in [0.25, 0.3) is 0 Å². The lowest BCUT2D eigenvalue weighted by molar-refractivity contribution is 0.0272. The van der Waals surface area contributed by atoms with Gasteiger partial charge in [-0.05, 0) is 97.6 Å². The molecule has 3 aromatic carbocycles. The van der Waals surface area contributed by atoms with Crippen LogP contribution in [0.5, 0.6) is 17.2 Å². The van der Waals surface area contributed by atoms with Crippen LogP contribution in [0.3, 0.4) is 0 Å². The van der Waals surface area contributed by atoms with Crippen LogP contribution in [0.1, 0.15) is 24.0 Å². The average molecular weight is 487 g/mol. The highest BCUT2D eigenvalue weighted by Gasteiger charge is 2.19. The van der Waals surface area contributed by atoms with E-state index in [1.54, 1.807) is 25.3 Å². The van der Waals surface area contributed by atoms with Crippen molar-refractivity contribution in [3.05, 3.63) is 77.9 Å². The number of likely N-dealkylation sites (tertiary alicyclic amines) is 1. The number of hydrogen-bond donors (Lipinski definition) is 2. The van der Waals surface area contributed by atoms with Crippen LogP contribution in [0.4, 0.5) is 0 Å². The van der Waals surface area contributed by atoms with E-state index in [9.17, 15) is 10.2 Å². The van der Waals surface area contributed by atoms with Crippen LogP contribution in [-0.4, -0.2) is 59.1 Å².